The number of thioether (sulfide) groups is 1. The second kappa shape index (κ2) is 9.46. The predicted octanol–water partition coefficient (Wildman–Crippen LogP) is 2.76. The summed E-state index contributed by atoms with van der Waals surface area (Å²) in [4.78, 5) is 50.9. The van der Waals surface area contributed by atoms with E-state index < -0.39 is 16.1 Å². The molecular formula is C21H19N3O8S. The van der Waals surface area contributed by atoms with Crippen molar-refractivity contribution in [3.8, 4) is 17.1 Å². The van der Waals surface area contributed by atoms with Crippen LogP contribution in [0.3, 0.4) is 0 Å². The maximum absolute atomic E-state index is 12.7. The zero-order valence-electron chi connectivity index (χ0n) is 17.5. The number of rotatable bonds is 6. The van der Waals surface area contributed by atoms with Crippen LogP contribution >= 0.6 is 11.8 Å². The van der Waals surface area contributed by atoms with Crippen molar-refractivity contribution in [3.63, 3.8) is 0 Å². The molecule has 4 rings (SSSR count). The van der Waals surface area contributed by atoms with E-state index in [1.54, 1.807) is 11.0 Å². The average Bonchev–Trinajstić information content (AvgIpc) is 3.39. The third-order valence-electron chi connectivity index (χ3n) is 5.10. The minimum Gasteiger partial charge on any atom is -0.497 e. The molecule has 0 spiro atoms. The molecule has 0 saturated carbocycles. The number of benzene rings is 1. The van der Waals surface area contributed by atoms with E-state index in [2.05, 4.69) is 0 Å². The summed E-state index contributed by atoms with van der Waals surface area (Å²) < 4.78 is 15.9. The second-order valence-electron chi connectivity index (χ2n) is 7.10. The first-order chi connectivity index (χ1) is 15.9. The molecule has 0 aliphatic carbocycles. The van der Waals surface area contributed by atoms with Gasteiger partial charge in [0.05, 0.1) is 41.8 Å². The Morgan fingerprint density at radius 2 is 2.00 bits per heavy atom. The molecule has 0 unspecified atom stereocenters. The van der Waals surface area contributed by atoms with Gasteiger partial charge in [-0.2, -0.15) is 0 Å². The van der Waals surface area contributed by atoms with Crippen LogP contribution in [-0.2, 0) is 14.3 Å². The molecule has 2 aliphatic heterocycles. The fourth-order valence-electron chi connectivity index (χ4n) is 3.39. The van der Waals surface area contributed by atoms with Crippen LogP contribution in [0.1, 0.15) is 5.76 Å². The van der Waals surface area contributed by atoms with E-state index in [1.165, 1.54) is 37.5 Å². The van der Waals surface area contributed by atoms with Gasteiger partial charge in [-0.3, -0.25) is 29.4 Å². The summed E-state index contributed by atoms with van der Waals surface area (Å²) in [6.07, 6.45) is 1.38. The fraction of sp³-hybridized carbons (Fsp3) is 0.286. The van der Waals surface area contributed by atoms with Gasteiger partial charge in [-0.05, 0) is 36.0 Å². The zero-order chi connectivity index (χ0) is 23.5. The van der Waals surface area contributed by atoms with Crippen LogP contribution in [0, 0.1) is 10.1 Å². The SMILES string of the molecule is COc1ccc(-c2ccc(/C=C3/SC(=O)N(CC(=O)N4CCOCC4)C3=O)o2)c([N+](=O)[O-])c1. The quantitative estimate of drug-likeness (QED) is 0.353. The molecule has 1 aromatic carbocycles. The highest BCUT2D eigenvalue weighted by Gasteiger charge is 2.37. The molecule has 2 fully saturated rings. The smallest absolute Gasteiger partial charge is 0.294 e. The van der Waals surface area contributed by atoms with Crippen molar-refractivity contribution in [2.24, 2.45) is 0 Å². The topological polar surface area (TPSA) is 132 Å². The third kappa shape index (κ3) is 4.76. The lowest BCUT2D eigenvalue weighted by Gasteiger charge is -2.27. The van der Waals surface area contributed by atoms with Crippen LogP contribution in [0.25, 0.3) is 17.4 Å². The average molecular weight is 473 g/mol. The van der Waals surface area contributed by atoms with E-state index in [0.29, 0.717) is 43.8 Å². The van der Waals surface area contributed by atoms with E-state index in [-0.39, 0.29) is 40.1 Å². The highest BCUT2D eigenvalue weighted by molar-refractivity contribution is 8.18. The van der Waals surface area contributed by atoms with Crippen molar-refractivity contribution in [2.45, 2.75) is 0 Å². The molecule has 3 heterocycles. The first kappa shape index (κ1) is 22.6. The molecular weight excluding hydrogens is 454 g/mol. The Balaban J connectivity index is 1.51. The first-order valence-electron chi connectivity index (χ1n) is 9.91. The number of nitrogens with zero attached hydrogens (tertiary/aromatic N) is 3. The normalized spacial score (nSPS) is 17.7. The minimum absolute atomic E-state index is 0.0971. The van der Waals surface area contributed by atoms with Crippen molar-refractivity contribution in [1.29, 1.82) is 0 Å². The Bertz CT molecular complexity index is 1150. The van der Waals surface area contributed by atoms with Crippen LogP contribution < -0.4 is 4.74 Å². The molecule has 12 heteroatoms. The minimum atomic E-state index is -0.597. The summed E-state index contributed by atoms with van der Waals surface area (Å²) >= 11 is 0.702. The van der Waals surface area contributed by atoms with Gasteiger partial charge in [0, 0.05) is 19.2 Å². The molecule has 2 saturated heterocycles. The van der Waals surface area contributed by atoms with Gasteiger partial charge in [0.25, 0.3) is 16.8 Å². The lowest BCUT2D eigenvalue weighted by molar-refractivity contribution is -0.384. The van der Waals surface area contributed by atoms with Gasteiger partial charge in [-0.25, -0.2) is 0 Å². The van der Waals surface area contributed by atoms with E-state index in [0.717, 1.165) is 4.90 Å². The van der Waals surface area contributed by atoms with E-state index >= 15 is 0 Å². The summed E-state index contributed by atoms with van der Waals surface area (Å²) in [7, 11) is 1.41. The van der Waals surface area contributed by atoms with Crippen LogP contribution in [0.4, 0.5) is 10.5 Å². The van der Waals surface area contributed by atoms with Crippen LogP contribution in [0.5, 0.6) is 5.75 Å². The lowest BCUT2D eigenvalue weighted by Crippen LogP contribution is -2.46. The number of nitro benzene ring substituents is 1. The number of carbonyl (C=O) groups excluding carboxylic acids is 3. The number of nitro groups is 1. The predicted molar refractivity (Wildman–Crippen MR) is 117 cm³/mol. The summed E-state index contributed by atoms with van der Waals surface area (Å²) in [6.45, 7) is 1.32. The van der Waals surface area contributed by atoms with Crippen molar-refractivity contribution < 1.29 is 33.2 Å². The molecule has 33 heavy (non-hydrogen) atoms. The van der Waals surface area contributed by atoms with E-state index in [4.69, 9.17) is 13.9 Å². The molecule has 0 N–H and O–H groups in total. The van der Waals surface area contributed by atoms with E-state index in [9.17, 15) is 24.5 Å². The largest absolute Gasteiger partial charge is 0.497 e. The van der Waals surface area contributed by atoms with Crippen molar-refractivity contribution in [2.75, 3.05) is 40.0 Å². The number of methoxy groups -OCH3 is 1. The zero-order valence-corrected chi connectivity index (χ0v) is 18.3. The maximum atomic E-state index is 12.7. The standard InChI is InChI=1S/C21H19N3O8S/c1-30-13-2-4-15(16(10-13)24(28)29)17-5-3-14(32-17)11-18-20(26)23(21(27)33-18)12-19(25)22-6-8-31-9-7-22/h2-5,10-11H,6-9,12H2,1H3/b18-11+. The summed E-state index contributed by atoms with van der Waals surface area (Å²) in [5, 5.41) is 10.9. The molecule has 0 atom stereocenters. The Labute approximate surface area is 192 Å². The van der Waals surface area contributed by atoms with Crippen molar-refractivity contribution >= 4 is 40.6 Å². The Hall–Kier alpha value is -3.64. The van der Waals surface area contributed by atoms with Gasteiger partial charge in [-0.1, -0.05) is 0 Å². The van der Waals surface area contributed by atoms with Gasteiger partial charge in [0.15, 0.2) is 0 Å². The Morgan fingerprint density at radius 1 is 1.24 bits per heavy atom. The number of imide groups is 1. The highest BCUT2D eigenvalue weighted by Crippen LogP contribution is 2.36. The number of carbonyl (C=O) groups is 3. The summed E-state index contributed by atoms with van der Waals surface area (Å²) in [5.74, 6) is -0.135. The summed E-state index contributed by atoms with van der Waals surface area (Å²) in [5.41, 5.74) is 0.0434. The van der Waals surface area contributed by atoms with Crippen LogP contribution in [-0.4, -0.2) is 71.7 Å². The second-order valence-corrected chi connectivity index (χ2v) is 8.10. The number of furan rings is 1. The number of hydrogen-bond acceptors (Lipinski definition) is 9. The Morgan fingerprint density at radius 3 is 2.70 bits per heavy atom. The number of ether oxygens (including phenoxy) is 2. The third-order valence-corrected chi connectivity index (χ3v) is 6.01. The molecule has 11 nitrogen and oxygen atoms in total. The van der Waals surface area contributed by atoms with Gasteiger partial charge >= 0.3 is 0 Å². The van der Waals surface area contributed by atoms with Crippen molar-refractivity contribution in [1.82, 2.24) is 9.80 Å². The fourth-order valence-corrected chi connectivity index (χ4v) is 4.20. The lowest BCUT2D eigenvalue weighted by atomic mass is 10.1. The van der Waals surface area contributed by atoms with E-state index in [1.807, 2.05) is 0 Å². The molecule has 172 valence electrons. The molecule has 2 aromatic rings. The van der Waals surface area contributed by atoms with Crippen molar-refractivity contribution in [3.05, 3.63) is 51.1 Å². The molecule has 1 aromatic heterocycles. The Kier molecular flexibility index (Phi) is 6.47. The number of hydrogen-bond donors (Lipinski definition) is 0. The highest BCUT2D eigenvalue weighted by atomic mass is 32.2. The van der Waals surface area contributed by atoms with Gasteiger partial charge in [0.2, 0.25) is 5.91 Å². The van der Waals surface area contributed by atoms with Gasteiger partial charge < -0.3 is 18.8 Å². The van der Waals surface area contributed by atoms with Crippen LogP contribution in [0.15, 0.2) is 39.7 Å². The summed E-state index contributed by atoms with van der Waals surface area (Å²) in [6, 6.07) is 7.43. The maximum Gasteiger partial charge on any atom is 0.294 e. The molecule has 2 aliphatic rings. The number of amides is 3. The molecule has 3 amide bonds. The monoisotopic (exact) mass is 473 g/mol. The number of morpholine rings is 1. The van der Waals surface area contributed by atoms with Gasteiger partial charge in [0.1, 0.15) is 23.8 Å². The van der Waals surface area contributed by atoms with Gasteiger partial charge in [-0.15, -0.1) is 0 Å². The van der Waals surface area contributed by atoms with Crippen LogP contribution in [0.2, 0.25) is 0 Å². The molecule has 0 bridgehead atoms. The first-order valence-corrected chi connectivity index (χ1v) is 10.7. The molecule has 0 radical (unpaired) electrons.